The SMILES string of the molecule is Cc1ccc(C)c(OCC(=O)Oc2ccc3cc(C(=O)NCC4CCCO4)c(=O)oc3c2)c1. The molecule has 0 radical (unpaired) electrons. The molecule has 1 N–H and O–H groups in total. The van der Waals surface area contributed by atoms with Gasteiger partial charge in [-0.25, -0.2) is 9.59 Å². The number of hydrogen-bond acceptors (Lipinski definition) is 7. The van der Waals surface area contributed by atoms with E-state index in [1.54, 1.807) is 12.1 Å². The molecule has 2 aromatic carbocycles. The number of aryl methyl sites for hydroxylation is 2. The van der Waals surface area contributed by atoms with E-state index in [-0.39, 0.29) is 29.6 Å². The van der Waals surface area contributed by atoms with E-state index in [4.69, 9.17) is 18.6 Å². The van der Waals surface area contributed by atoms with Crippen molar-refractivity contribution in [2.45, 2.75) is 32.8 Å². The van der Waals surface area contributed by atoms with Crippen LogP contribution in [0.3, 0.4) is 0 Å². The van der Waals surface area contributed by atoms with E-state index >= 15 is 0 Å². The van der Waals surface area contributed by atoms with Gasteiger partial charge in [-0.15, -0.1) is 0 Å². The van der Waals surface area contributed by atoms with Crippen LogP contribution in [0.25, 0.3) is 11.0 Å². The smallest absolute Gasteiger partial charge is 0.349 e. The second kappa shape index (κ2) is 9.87. The first-order chi connectivity index (χ1) is 15.9. The fraction of sp³-hybridized carbons (Fsp3) is 0.320. The van der Waals surface area contributed by atoms with E-state index in [1.165, 1.54) is 12.1 Å². The highest BCUT2D eigenvalue weighted by atomic mass is 16.6. The van der Waals surface area contributed by atoms with Crippen molar-refractivity contribution in [3.05, 3.63) is 69.6 Å². The van der Waals surface area contributed by atoms with Crippen molar-refractivity contribution in [2.24, 2.45) is 0 Å². The predicted molar refractivity (Wildman–Crippen MR) is 121 cm³/mol. The number of fused-ring (bicyclic) bond motifs is 1. The number of amides is 1. The van der Waals surface area contributed by atoms with Gasteiger partial charge in [0.25, 0.3) is 5.91 Å². The molecule has 1 amide bonds. The number of hydrogen-bond donors (Lipinski definition) is 1. The summed E-state index contributed by atoms with van der Waals surface area (Å²) in [6, 6.07) is 11.8. The van der Waals surface area contributed by atoms with Crippen LogP contribution in [0.1, 0.15) is 34.3 Å². The second-order valence-corrected chi connectivity index (χ2v) is 8.02. The standard InChI is InChI=1S/C25H25NO7/c1-15-5-6-16(2)21(10-15)31-14-23(27)32-18-8-7-17-11-20(25(29)33-22(17)12-18)24(28)26-13-19-4-3-9-30-19/h5-8,10-12,19H,3-4,9,13-14H2,1-2H3,(H,26,28). The van der Waals surface area contributed by atoms with E-state index in [0.717, 1.165) is 24.0 Å². The first-order valence-corrected chi connectivity index (χ1v) is 10.8. The van der Waals surface area contributed by atoms with Crippen LogP contribution in [-0.2, 0) is 9.53 Å². The lowest BCUT2D eigenvalue weighted by molar-refractivity contribution is -0.136. The maximum absolute atomic E-state index is 12.4. The highest BCUT2D eigenvalue weighted by Gasteiger charge is 2.19. The Morgan fingerprint density at radius 2 is 1.97 bits per heavy atom. The Kier molecular flexibility index (Phi) is 6.74. The second-order valence-electron chi connectivity index (χ2n) is 8.02. The van der Waals surface area contributed by atoms with Gasteiger partial charge >= 0.3 is 11.6 Å². The van der Waals surface area contributed by atoms with Crippen LogP contribution < -0.4 is 20.4 Å². The number of esters is 1. The molecule has 33 heavy (non-hydrogen) atoms. The summed E-state index contributed by atoms with van der Waals surface area (Å²) in [5.74, 6) is -0.291. The van der Waals surface area contributed by atoms with Crippen LogP contribution in [0, 0.1) is 13.8 Å². The molecule has 4 rings (SSSR count). The molecule has 0 aliphatic carbocycles. The van der Waals surface area contributed by atoms with Crippen LogP contribution in [-0.4, -0.2) is 37.7 Å². The van der Waals surface area contributed by atoms with Crippen molar-refractivity contribution < 1.29 is 28.2 Å². The quantitative estimate of drug-likeness (QED) is 0.334. The molecule has 2 heterocycles. The van der Waals surface area contributed by atoms with Crippen LogP contribution in [0.15, 0.2) is 51.7 Å². The number of ether oxygens (including phenoxy) is 3. The van der Waals surface area contributed by atoms with Crippen molar-refractivity contribution in [1.29, 1.82) is 0 Å². The third kappa shape index (κ3) is 5.59. The Bertz CT molecular complexity index is 1240. The van der Waals surface area contributed by atoms with E-state index in [9.17, 15) is 14.4 Å². The maximum Gasteiger partial charge on any atom is 0.349 e. The van der Waals surface area contributed by atoms with Gasteiger partial charge in [-0.05, 0) is 62.1 Å². The molecule has 3 aromatic rings. The normalized spacial score (nSPS) is 15.4. The highest BCUT2D eigenvalue weighted by Crippen LogP contribution is 2.22. The van der Waals surface area contributed by atoms with Gasteiger partial charge < -0.3 is 23.9 Å². The van der Waals surface area contributed by atoms with Crippen LogP contribution >= 0.6 is 0 Å². The molecular weight excluding hydrogens is 426 g/mol. The fourth-order valence-electron chi connectivity index (χ4n) is 3.58. The minimum absolute atomic E-state index is 0.0301. The summed E-state index contributed by atoms with van der Waals surface area (Å²) in [7, 11) is 0. The summed E-state index contributed by atoms with van der Waals surface area (Å²) >= 11 is 0. The first kappa shape index (κ1) is 22.5. The largest absolute Gasteiger partial charge is 0.482 e. The maximum atomic E-state index is 12.4. The Labute approximate surface area is 190 Å². The third-order valence-corrected chi connectivity index (χ3v) is 5.39. The number of carbonyl (C=O) groups excluding carboxylic acids is 2. The van der Waals surface area contributed by atoms with Gasteiger partial charge in [0.2, 0.25) is 0 Å². The lowest BCUT2D eigenvalue weighted by Gasteiger charge is -2.11. The molecule has 0 saturated carbocycles. The Morgan fingerprint density at radius 1 is 1.12 bits per heavy atom. The monoisotopic (exact) mass is 451 g/mol. The Hall–Kier alpha value is -3.65. The molecule has 1 aliphatic rings. The van der Waals surface area contributed by atoms with Gasteiger partial charge in [0.15, 0.2) is 6.61 Å². The van der Waals surface area contributed by atoms with E-state index in [1.807, 2.05) is 32.0 Å². The Morgan fingerprint density at radius 3 is 2.76 bits per heavy atom. The van der Waals surface area contributed by atoms with Crippen LogP contribution in [0.4, 0.5) is 0 Å². The molecule has 172 valence electrons. The summed E-state index contributed by atoms with van der Waals surface area (Å²) in [5, 5.41) is 3.24. The number of carbonyl (C=O) groups is 2. The van der Waals surface area contributed by atoms with E-state index in [2.05, 4.69) is 5.32 Å². The zero-order chi connectivity index (χ0) is 23.4. The number of nitrogens with one attached hydrogen (secondary N) is 1. The first-order valence-electron chi connectivity index (χ1n) is 10.8. The molecule has 0 bridgehead atoms. The van der Waals surface area contributed by atoms with Crippen LogP contribution in [0.2, 0.25) is 0 Å². The molecule has 1 unspecified atom stereocenters. The summed E-state index contributed by atoms with van der Waals surface area (Å²) in [6.07, 6.45) is 1.81. The zero-order valence-electron chi connectivity index (χ0n) is 18.5. The zero-order valence-corrected chi connectivity index (χ0v) is 18.5. The van der Waals surface area contributed by atoms with Crippen LogP contribution in [0.5, 0.6) is 11.5 Å². The van der Waals surface area contributed by atoms with Crippen molar-refractivity contribution >= 4 is 22.8 Å². The molecule has 1 saturated heterocycles. The molecule has 1 atom stereocenters. The number of rotatable bonds is 7. The molecule has 1 fully saturated rings. The van der Waals surface area contributed by atoms with E-state index < -0.39 is 17.5 Å². The van der Waals surface area contributed by atoms with Gasteiger partial charge in [-0.2, -0.15) is 0 Å². The average molecular weight is 451 g/mol. The molecular formula is C25H25NO7. The van der Waals surface area contributed by atoms with Gasteiger partial charge in [-0.1, -0.05) is 12.1 Å². The van der Waals surface area contributed by atoms with Gasteiger partial charge in [0, 0.05) is 24.6 Å². The minimum Gasteiger partial charge on any atom is -0.482 e. The summed E-state index contributed by atoms with van der Waals surface area (Å²) in [5.41, 5.74) is 1.28. The average Bonchev–Trinajstić information content (AvgIpc) is 3.31. The fourth-order valence-corrected chi connectivity index (χ4v) is 3.58. The van der Waals surface area contributed by atoms with Crippen molar-refractivity contribution in [3.8, 4) is 11.5 Å². The molecule has 0 spiro atoms. The molecule has 8 nitrogen and oxygen atoms in total. The molecule has 1 aromatic heterocycles. The lowest BCUT2D eigenvalue weighted by Crippen LogP contribution is -2.34. The summed E-state index contributed by atoms with van der Waals surface area (Å²) in [4.78, 5) is 36.9. The van der Waals surface area contributed by atoms with E-state index in [0.29, 0.717) is 24.3 Å². The molecule has 8 heteroatoms. The molecule has 1 aliphatic heterocycles. The predicted octanol–water partition coefficient (Wildman–Crippen LogP) is 3.30. The minimum atomic E-state index is -0.769. The van der Waals surface area contributed by atoms with Gasteiger partial charge in [-0.3, -0.25) is 4.79 Å². The van der Waals surface area contributed by atoms with Gasteiger partial charge in [0.1, 0.15) is 22.6 Å². The van der Waals surface area contributed by atoms with Crippen molar-refractivity contribution in [1.82, 2.24) is 5.32 Å². The van der Waals surface area contributed by atoms with Gasteiger partial charge in [0.05, 0.1) is 6.10 Å². The highest BCUT2D eigenvalue weighted by molar-refractivity contribution is 5.96. The van der Waals surface area contributed by atoms with Crippen molar-refractivity contribution in [2.75, 3.05) is 19.8 Å². The number of benzene rings is 2. The third-order valence-electron chi connectivity index (χ3n) is 5.39. The lowest BCUT2D eigenvalue weighted by atomic mass is 10.1. The summed E-state index contributed by atoms with van der Waals surface area (Å²) < 4.78 is 21.6. The Balaban J connectivity index is 1.40. The summed E-state index contributed by atoms with van der Waals surface area (Å²) in [6.45, 7) is 4.59. The van der Waals surface area contributed by atoms with Crippen molar-refractivity contribution in [3.63, 3.8) is 0 Å². The topological polar surface area (TPSA) is 104 Å².